The van der Waals surface area contributed by atoms with E-state index < -0.39 is 0 Å². The fourth-order valence-electron chi connectivity index (χ4n) is 2.55. The summed E-state index contributed by atoms with van der Waals surface area (Å²) >= 11 is 0. The van der Waals surface area contributed by atoms with Crippen molar-refractivity contribution in [2.24, 2.45) is 4.99 Å². The molecular formula is C21H32IN3O3. The number of hydrogen-bond donors (Lipinski definition) is 2. The molecule has 0 fully saturated rings. The molecule has 0 saturated heterocycles. The number of nitrogens with zero attached hydrogens (tertiary/aromatic N) is 1. The van der Waals surface area contributed by atoms with Crippen molar-refractivity contribution in [3.8, 4) is 5.75 Å². The maximum atomic E-state index is 5.69. The molecule has 1 aromatic heterocycles. The van der Waals surface area contributed by atoms with Crippen LogP contribution >= 0.6 is 24.0 Å². The molecule has 2 aromatic rings. The van der Waals surface area contributed by atoms with Crippen molar-refractivity contribution in [1.29, 1.82) is 0 Å². The zero-order valence-electron chi connectivity index (χ0n) is 16.8. The average molecular weight is 501 g/mol. The van der Waals surface area contributed by atoms with Crippen molar-refractivity contribution in [3.05, 3.63) is 54.0 Å². The Morgan fingerprint density at radius 3 is 2.61 bits per heavy atom. The van der Waals surface area contributed by atoms with Crippen LogP contribution in [0.4, 0.5) is 0 Å². The van der Waals surface area contributed by atoms with Crippen molar-refractivity contribution < 1.29 is 13.9 Å². The molecule has 7 heteroatoms. The first-order chi connectivity index (χ1) is 13.3. The zero-order valence-corrected chi connectivity index (χ0v) is 19.1. The predicted molar refractivity (Wildman–Crippen MR) is 124 cm³/mol. The van der Waals surface area contributed by atoms with Crippen LogP contribution < -0.4 is 15.4 Å². The summed E-state index contributed by atoms with van der Waals surface area (Å²) < 4.78 is 16.5. The van der Waals surface area contributed by atoms with E-state index in [9.17, 15) is 0 Å². The lowest BCUT2D eigenvalue weighted by Crippen LogP contribution is -2.39. The molecule has 0 bridgehead atoms. The molecule has 0 unspecified atom stereocenters. The Hall–Kier alpha value is -1.74. The van der Waals surface area contributed by atoms with Gasteiger partial charge in [0.25, 0.3) is 0 Å². The van der Waals surface area contributed by atoms with Crippen LogP contribution in [0.25, 0.3) is 0 Å². The second-order valence-corrected chi connectivity index (χ2v) is 5.94. The van der Waals surface area contributed by atoms with Gasteiger partial charge in [0.05, 0.1) is 19.4 Å². The quantitative estimate of drug-likeness (QED) is 0.199. The Morgan fingerprint density at radius 1 is 1.04 bits per heavy atom. The number of rotatable bonds is 12. The third kappa shape index (κ3) is 9.45. The van der Waals surface area contributed by atoms with Crippen LogP contribution in [0, 0.1) is 0 Å². The third-order valence-electron chi connectivity index (χ3n) is 3.89. The van der Waals surface area contributed by atoms with E-state index in [-0.39, 0.29) is 24.0 Å². The van der Waals surface area contributed by atoms with E-state index in [0.717, 1.165) is 62.2 Å². The van der Waals surface area contributed by atoms with Gasteiger partial charge in [-0.1, -0.05) is 18.2 Å². The molecule has 1 heterocycles. The Labute approximate surface area is 185 Å². The molecule has 28 heavy (non-hydrogen) atoms. The van der Waals surface area contributed by atoms with E-state index in [1.165, 1.54) is 0 Å². The first-order valence-electron chi connectivity index (χ1n) is 9.66. The normalized spacial score (nSPS) is 11.0. The number of ether oxygens (including phenoxy) is 2. The Bertz CT molecular complexity index is 663. The van der Waals surface area contributed by atoms with Gasteiger partial charge in [-0.2, -0.15) is 0 Å². The molecule has 0 amide bonds. The summed E-state index contributed by atoms with van der Waals surface area (Å²) in [6.45, 7) is 8.24. The summed E-state index contributed by atoms with van der Waals surface area (Å²) in [4.78, 5) is 4.72. The highest BCUT2D eigenvalue weighted by Crippen LogP contribution is 2.18. The lowest BCUT2D eigenvalue weighted by atomic mass is 10.2. The summed E-state index contributed by atoms with van der Waals surface area (Å²) in [6, 6.07) is 11.9. The molecule has 1 aromatic carbocycles. The number of aliphatic imine (C=N–C) groups is 1. The van der Waals surface area contributed by atoms with Gasteiger partial charge in [0.2, 0.25) is 0 Å². The van der Waals surface area contributed by atoms with E-state index in [0.29, 0.717) is 13.2 Å². The molecule has 156 valence electrons. The van der Waals surface area contributed by atoms with Crippen LogP contribution in [0.1, 0.15) is 31.6 Å². The highest BCUT2D eigenvalue weighted by molar-refractivity contribution is 14.0. The molecule has 2 N–H and O–H groups in total. The standard InChI is InChI=1S/C21H31N3O3.HI/c1-3-25-15-8-13-22-21(23-14-12-19-10-7-16-27-19)24-17-18-9-5-6-11-20(18)26-4-2;/h5-7,9-11,16H,3-4,8,12-15,17H2,1-2H3,(H2,22,23,24);1H. The molecule has 6 nitrogen and oxygen atoms in total. The topological polar surface area (TPSA) is 68.0 Å². The molecule has 0 radical (unpaired) electrons. The second-order valence-electron chi connectivity index (χ2n) is 5.94. The molecule has 0 spiro atoms. The van der Waals surface area contributed by atoms with Gasteiger partial charge in [-0.25, -0.2) is 4.99 Å². The molecule has 0 aliphatic heterocycles. The number of hydrogen-bond acceptors (Lipinski definition) is 4. The van der Waals surface area contributed by atoms with Crippen LogP contribution in [0.15, 0.2) is 52.1 Å². The first-order valence-corrected chi connectivity index (χ1v) is 9.66. The molecule has 0 saturated carbocycles. The van der Waals surface area contributed by atoms with Crippen LogP contribution in [0.5, 0.6) is 5.75 Å². The van der Waals surface area contributed by atoms with E-state index >= 15 is 0 Å². The smallest absolute Gasteiger partial charge is 0.191 e. The largest absolute Gasteiger partial charge is 0.494 e. The lowest BCUT2D eigenvalue weighted by Gasteiger charge is -2.13. The third-order valence-corrected chi connectivity index (χ3v) is 3.89. The van der Waals surface area contributed by atoms with Gasteiger partial charge in [0.1, 0.15) is 11.5 Å². The van der Waals surface area contributed by atoms with Gasteiger partial charge in [-0.05, 0) is 38.5 Å². The average Bonchev–Trinajstić information content (AvgIpc) is 3.20. The van der Waals surface area contributed by atoms with Gasteiger partial charge in [-0.15, -0.1) is 24.0 Å². The Balaban J connectivity index is 0.00000392. The Morgan fingerprint density at radius 2 is 1.86 bits per heavy atom. The van der Waals surface area contributed by atoms with E-state index in [1.807, 2.05) is 50.2 Å². The maximum absolute atomic E-state index is 5.69. The molecule has 0 atom stereocenters. The summed E-state index contributed by atoms with van der Waals surface area (Å²) in [5, 5.41) is 6.74. The number of benzene rings is 1. The maximum Gasteiger partial charge on any atom is 0.191 e. The van der Waals surface area contributed by atoms with Crippen molar-refractivity contribution in [2.75, 3.05) is 32.9 Å². The first kappa shape index (κ1) is 24.3. The summed E-state index contributed by atoms with van der Waals surface area (Å²) in [5.74, 6) is 2.62. The minimum atomic E-state index is 0. The van der Waals surface area contributed by atoms with Gasteiger partial charge >= 0.3 is 0 Å². The lowest BCUT2D eigenvalue weighted by molar-refractivity contribution is 0.145. The van der Waals surface area contributed by atoms with E-state index in [2.05, 4.69) is 10.6 Å². The second kappa shape index (κ2) is 15.2. The van der Waals surface area contributed by atoms with Crippen LogP contribution in [-0.2, 0) is 17.7 Å². The van der Waals surface area contributed by atoms with Gasteiger partial charge in [0.15, 0.2) is 5.96 Å². The molecule has 0 aliphatic rings. The van der Waals surface area contributed by atoms with Crippen LogP contribution in [0.2, 0.25) is 0 Å². The monoisotopic (exact) mass is 501 g/mol. The minimum absolute atomic E-state index is 0. The van der Waals surface area contributed by atoms with E-state index in [1.54, 1.807) is 6.26 Å². The summed E-state index contributed by atoms with van der Waals surface area (Å²) in [7, 11) is 0. The summed E-state index contributed by atoms with van der Waals surface area (Å²) in [5.41, 5.74) is 1.07. The fraction of sp³-hybridized carbons (Fsp3) is 0.476. The van der Waals surface area contributed by atoms with E-state index in [4.69, 9.17) is 18.9 Å². The molecular weight excluding hydrogens is 469 g/mol. The zero-order chi connectivity index (χ0) is 19.2. The highest BCUT2D eigenvalue weighted by atomic mass is 127. The fourth-order valence-corrected chi connectivity index (χ4v) is 2.55. The van der Waals surface area contributed by atoms with Crippen molar-refractivity contribution in [1.82, 2.24) is 10.6 Å². The van der Waals surface area contributed by atoms with Crippen molar-refractivity contribution >= 4 is 29.9 Å². The Kier molecular flexibility index (Phi) is 13.2. The SMILES string of the molecule is CCOCCCNC(=NCc1ccccc1OCC)NCCc1ccco1.I. The number of nitrogens with one attached hydrogen (secondary N) is 2. The van der Waals surface area contributed by atoms with Crippen molar-refractivity contribution in [3.63, 3.8) is 0 Å². The van der Waals surface area contributed by atoms with Gasteiger partial charge in [0, 0.05) is 38.3 Å². The van der Waals surface area contributed by atoms with Gasteiger partial charge in [-0.3, -0.25) is 0 Å². The summed E-state index contributed by atoms with van der Waals surface area (Å²) in [6.07, 6.45) is 3.44. The van der Waals surface area contributed by atoms with Crippen LogP contribution in [-0.4, -0.2) is 38.9 Å². The number of furan rings is 1. The molecule has 2 rings (SSSR count). The van der Waals surface area contributed by atoms with Crippen LogP contribution in [0.3, 0.4) is 0 Å². The number of para-hydroxylation sites is 1. The molecule has 0 aliphatic carbocycles. The van der Waals surface area contributed by atoms with Gasteiger partial charge < -0.3 is 24.5 Å². The number of halogens is 1. The number of guanidine groups is 1. The van der Waals surface area contributed by atoms with Crippen molar-refractivity contribution in [2.45, 2.75) is 33.2 Å². The predicted octanol–water partition coefficient (Wildman–Crippen LogP) is 4.00. The minimum Gasteiger partial charge on any atom is -0.494 e. The highest BCUT2D eigenvalue weighted by Gasteiger charge is 2.04.